The number of ether oxygens (including phenoxy) is 1. The van der Waals surface area contributed by atoms with Crippen LogP contribution in [0, 0.1) is 0 Å². The van der Waals surface area contributed by atoms with Gasteiger partial charge in [-0.1, -0.05) is 0 Å². The molecule has 1 saturated heterocycles. The lowest BCUT2D eigenvalue weighted by molar-refractivity contribution is -0.364. The SMILES string of the molecule is O=C(Cl)c1ccc(N2CCOCC2)[nH+]c1. The first-order chi connectivity index (χ1) is 7.27. The second-order valence-electron chi connectivity index (χ2n) is 3.34. The molecular formula is C10H12ClN2O2+. The summed E-state index contributed by atoms with van der Waals surface area (Å²) in [5.41, 5.74) is 0.480. The zero-order valence-electron chi connectivity index (χ0n) is 8.20. The van der Waals surface area contributed by atoms with E-state index in [-0.39, 0.29) is 0 Å². The molecule has 4 nitrogen and oxygen atoms in total. The van der Waals surface area contributed by atoms with Crippen molar-refractivity contribution in [2.45, 2.75) is 0 Å². The van der Waals surface area contributed by atoms with Crippen LogP contribution in [-0.4, -0.2) is 31.5 Å². The highest BCUT2D eigenvalue weighted by Gasteiger charge is 2.19. The van der Waals surface area contributed by atoms with E-state index in [2.05, 4.69) is 9.88 Å². The minimum absolute atomic E-state index is 0.445. The predicted molar refractivity (Wildman–Crippen MR) is 56.2 cm³/mol. The van der Waals surface area contributed by atoms with Crippen LogP contribution in [0.3, 0.4) is 0 Å². The van der Waals surface area contributed by atoms with Gasteiger partial charge in [0.25, 0.3) is 11.1 Å². The van der Waals surface area contributed by atoms with Gasteiger partial charge < -0.3 is 4.74 Å². The van der Waals surface area contributed by atoms with Crippen molar-refractivity contribution in [2.24, 2.45) is 0 Å². The van der Waals surface area contributed by atoms with Gasteiger partial charge in [0.1, 0.15) is 19.3 Å². The highest BCUT2D eigenvalue weighted by atomic mass is 35.5. The molecule has 0 atom stereocenters. The maximum absolute atomic E-state index is 10.8. The third-order valence-electron chi connectivity index (χ3n) is 2.38. The van der Waals surface area contributed by atoms with Crippen LogP contribution in [-0.2, 0) is 4.74 Å². The van der Waals surface area contributed by atoms with E-state index in [1.807, 2.05) is 6.07 Å². The van der Waals surface area contributed by atoms with Crippen LogP contribution in [0.15, 0.2) is 18.3 Å². The molecule has 1 aliphatic rings. The fourth-order valence-corrected chi connectivity index (χ4v) is 1.66. The number of nitrogens with zero attached hydrogens (tertiary/aromatic N) is 1. The summed E-state index contributed by atoms with van der Waals surface area (Å²) in [5, 5.41) is -0.445. The number of rotatable bonds is 2. The van der Waals surface area contributed by atoms with Crippen LogP contribution in [0.1, 0.15) is 10.4 Å². The molecule has 0 saturated carbocycles. The fourth-order valence-electron chi connectivity index (χ4n) is 1.54. The number of pyridine rings is 1. The average molecular weight is 228 g/mol. The molecule has 0 aliphatic carbocycles. The van der Waals surface area contributed by atoms with Crippen LogP contribution in [0.5, 0.6) is 0 Å². The average Bonchev–Trinajstić information content (AvgIpc) is 2.30. The maximum atomic E-state index is 10.8. The van der Waals surface area contributed by atoms with Crippen molar-refractivity contribution in [3.05, 3.63) is 23.9 Å². The molecule has 0 amide bonds. The van der Waals surface area contributed by atoms with Gasteiger partial charge in [0.05, 0.1) is 18.8 Å². The Balaban J connectivity index is 2.11. The van der Waals surface area contributed by atoms with Gasteiger partial charge >= 0.3 is 0 Å². The number of carbonyl (C=O) groups is 1. The van der Waals surface area contributed by atoms with Crippen LogP contribution >= 0.6 is 11.6 Å². The van der Waals surface area contributed by atoms with Crippen molar-refractivity contribution >= 4 is 22.7 Å². The lowest BCUT2D eigenvalue weighted by atomic mass is 10.3. The van der Waals surface area contributed by atoms with E-state index in [4.69, 9.17) is 16.3 Å². The molecule has 0 aromatic carbocycles. The van der Waals surface area contributed by atoms with Crippen molar-refractivity contribution in [2.75, 3.05) is 31.2 Å². The number of carbonyl (C=O) groups excluding carboxylic acids is 1. The van der Waals surface area contributed by atoms with Gasteiger partial charge in [-0.3, -0.25) is 9.69 Å². The van der Waals surface area contributed by atoms with Crippen LogP contribution in [0.2, 0.25) is 0 Å². The largest absolute Gasteiger partial charge is 0.373 e. The summed E-state index contributed by atoms with van der Waals surface area (Å²) < 4.78 is 5.25. The van der Waals surface area contributed by atoms with Gasteiger partial charge in [0.15, 0.2) is 0 Å². The monoisotopic (exact) mass is 227 g/mol. The molecule has 80 valence electrons. The van der Waals surface area contributed by atoms with Gasteiger partial charge in [-0.05, 0) is 17.7 Å². The summed E-state index contributed by atoms with van der Waals surface area (Å²) in [6, 6.07) is 3.58. The predicted octanol–water partition coefficient (Wildman–Crippen LogP) is 0.716. The first-order valence-corrected chi connectivity index (χ1v) is 5.19. The Bertz CT molecular complexity index is 347. The highest BCUT2D eigenvalue weighted by molar-refractivity contribution is 6.67. The summed E-state index contributed by atoms with van der Waals surface area (Å²) >= 11 is 5.35. The van der Waals surface area contributed by atoms with Crippen molar-refractivity contribution in [3.8, 4) is 0 Å². The lowest BCUT2D eigenvalue weighted by Crippen LogP contribution is -2.39. The van der Waals surface area contributed by atoms with E-state index in [0.29, 0.717) is 5.56 Å². The van der Waals surface area contributed by atoms with E-state index in [9.17, 15) is 4.79 Å². The van der Waals surface area contributed by atoms with Gasteiger partial charge in [0, 0.05) is 6.07 Å². The molecule has 1 fully saturated rings. The number of nitrogens with one attached hydrogen (secondary N) is 1. The summed E-state index contributed by atoms with van der Waals surface area (Å²) in [7, 11) is 0. The molecule has 2 heterocycles. The van der Waals surface area contributed by atoms with Crippen molar-refractivity contribution < 1.29 is 14.5 Å². The Hall–Kier alpha value is -1.13. The van der Waals surface area contributed by atoms with E-state index in [1.165, 1.54) is 0 Å². The van der Waals surface area contributed by atoms with Gasteiger partial charge in [0.2, 0.25) is 0 Å². The van der Waals surface area contributed by atoms with E-state index in [1.54, 1.807) is 12.3 Å². The third-order valence-corrected chi connectivity index (χ3v) is 2.59. The van der Waals surface area contributed by atoms with Crippen molar-refractivity contribution in [1.82, 2.24) is 0 Å². The lowest BCUT2D eigenvalue weighted by Gasteiger charge is -2.21. The smallest absolute Gasteiger partial charge is 0.274 e. The standard InChI is InChI=1S/C10H11ClN2O2/c11-10(14)8-1-2-9(12-7-8)13-3-5-15-6-4-13/h1-2,7H,3-6H2/p+1. The van der Waals surface area contributed by atoms with Crippen LogP contribution in [0.4, 0.5) is 5.82 Å². The molecule has 1 aromatic heterocycles. The number of aromatic amines is 1. The maximum Gasteiger partial charge on any atom is 0.274 e. The molecule has 0 bridgehead atoms. The Morgan fingerprint density at radius 2 is 2.13 bits per heavy atom. The Morgan fingerprint density at radius 3 is 2.67 bits per heavy atom. The third kappa shape index (κ3) is 2.46. The highest BCUT2D eigenvalue weighted by Crippen LogP contribution is 2.10. The second-order valence-corrected chi connectivity index (χ2v) is 3.68. The molecule has 0 spiro atoms. The minimum atomic E-state index is -0.445. The Labute approximate surface area is 92.8 Å². The van der Waals surface area contributed by atoms with Crippen LogP contribution in [0.25, 0.3) is 0 Å². The summed E-state index contributed by atoms with van der Waals surface area (Å²) in [6.45, 7) is 3.21. The number of anilines is 1. The first kappa shape index (κ1) is 10.4. The second kappa shape index (κ2) is 4.59. The number of aromatic nitrogens is 1. The number of halogens is 1. The Kier molecular flexibility index (Phi) is 3.18. The molecule has 1 aliphatic heterocycles. The van der Waals surface area contributed by atoms with Gasteiger partial charge in [-0.2, -0.15) is 0 Å². The van der Waals surface area contributed by atoms with Crippen LogP contribution < -0.4 is 9.88 Å². The normalized spacial score (nSPS) is 16.5. The van der Waals surface area contributed by atoms with E-state index in [0.717, 1.165) is 32.1 Å². The molecule has 5 heteroatoms. The minimum Gasteiger partial charge on any atom is -0.373 e. The number of H-pyrrole nitrogens is 1. The van der Waals surface area contributed by atoms with Crippen molar-refractivity contribution in [1.29, 1.82) is 0 Å². The zero-order chi connectivity index (χ0) is 10.7. The summed E-state index contributed by atoms with van der Waals surface area (Å²) in [5.74, 6) is 0.986. The van der Waals surface area contributed by atoms with E-state index < -0.39 is 5.24 Å². The first-order valence-electron chi connectivity index (χ1n) is 4.81. The number of hydrogen-bond acceptors (Lipinski definition) is 3. The topological polar surface area (TPSA) is 43.7 Å². The fraction of sp³-hybridized carbons (Fsp3) is 0.400. The molecule has 0 unspecified atom stereocenters. The number of hydrogen-bond donors (Lipinski definition) is 0. The zero-order valence-corrected chi connectivity index (χ0v) is 8.96. The molecule has 0 radical (unpaired) electrons. The molecule has 1 aromatic rings. The molecule has 2 rings (SSSR count). The quantitative estimate of drug-likeness (QED) is 0.700. The van der Waals surface area contributed by atoms with E-state index >= 15 is 0 Å². The Morgan fingerprint density at radius 1 is 1.40 bits per heavy atom. The summed E-state index contributed by atoms with van der Waals surface area (Å²) in [4.78, 5) is 16.1. The molecule has 15 heavy (non-hydrogen) atoms. The van der Waals surface area contributed by atoms with Crippen molar-refractivity contribution in [3.63, 3.8) is 0 Å². The van der Waals surface area contributed by atoms with Gasteiger partial charge in [-0.25, -0.2) is 4.98 Å². The van der Waals surface area contributed by atoms with Gasteiger partial charge in [-0.15, -0.1) is 0 Å². The number of morpholine rings is 1. The summed E-state index contributed by atoms with van der Waals surface area (Å²) in [6.07, 6.45) is 1.63. The molecule has 1 N–H and O–H groups in total. The molecular weight excluding hydrogens is 216 g/mol.